The molecule has 0 unspecified atom stereocenters. The van der Waals surface area contributed by atoms with Crippen molar-refractivity contribution in [1.29, 1.82) is 0 Å². The van der Waals surface area contributed by atoms with Crippen LogP contribution in [0.2, 0.25) is 0 Å². The number of benzene rings is 2. The van der Waals surface area contributed by atoms with Gasteiger partial charge in [-0.3, -0.25) is 14.9 Å². The zero-order valence-corrected chi connectivity index (χ0v) is 15.7. The van der Waals surface area contributed by atoms with Crippen molar-refractivity contribution in [2.24, 2.45) is 0 Å². The molecule has 6 heteroatoms. The number of amides is 1. The monoisotopic (exact) mass is 384 g/mol. The van der Waals surface area contributed by atoms with E-state index in [0.717, 1.165) is 28.3 Å². The summed E-state index contributed by atoms with van der Waals surface area (Å²) >= 11 is 0. The van der Waals surface area contributed by atoms with Gasteiger partial charge in [0.1, 0.15) is 18.1 Å². The Balaban J connectivity index is 1.34. The number of pyridine rings is 1. The molecule has 0 fully saturated rings. The number of ether oxygens (including phenoxy) is 1. The number of aromatic amines is 1. The Kier molecular flexibility index (Phi) is 5.62. The van der Waals surface area contributed by atoms with Crippen LogP contribution in [0.1, 0.15) is 21.7 Å². The van der Waals surface area contributed by atoms with Crippen LogP contribution in [-0.4, -0.2) is 21.1 Å². The number of rotatable bonds is 7. The average Bonchev–Trinajstić information content (AvgIpc) is 3.28. The molecule has 4 aromatic rings. The molecule has 0 bridgehead atoms. The standard InChI is InChI=1S/C23H20N4O2/c28-23(22-14-21(26-27-22)18-8-2-1-3-9-18)25-15-17-7-6-11-20(13-17)29-16-19-10-4-5-12-24-19/h1-14H,15-16H2,(H,25,28)(H,26,27). The Hall–Kier alpha value is -3.93. The summed E-state index contributed by atoms with van der Waals surface area (Å²) < 4.78 is 5.79. The third-order valence-corrected chi connectivity index (χ3v) is 4.36. The highest BCUT2D eigenvalue weighted by Gasteiger charge is 2.11. The maximum Gasteiger partial charge on any atom is 0.269 e. The first-order valence-corrected chi connectivity index (χ1v) is 9.28. The molecule has 2 heterocycles. The van der Waals surface area contributed by atoms with Crippen molar-refractivity contribution in [3.63, 3.8) is 0 Å². The van der Waals surface area contributed by atoms with Gasteiger partial charge in [0.05, 0.1) is 11.4 Å². The van der Waals surface area contributed by atoms with E-state index < -0.39 is 0 Å². The SMILES string of the molecule is O=C(NCc1cccc(OCc2ccccn2)c1)c1cc(-c2ccccc2)n[nH]1. The van der Waals surface area contributed by atoms with Crippen molar-refractivity contribution in [3.05, 3.63) is 102 Å². The number of aromatic nitrogens is 3. The van der Waals surface area contributed by atoms with Crippen molar-refractivity contribution in [2.45, 2.75) is 13.2 Å². The molecule has 0 saturated heterocycles. The minimum absolute atomic E-state index is 0.209. The van der Waals surface area contributed by atoms with Gasteiger partial charge in [0, 0.05) is 18.3 Å². The summed E-state index contributed by atoms with van der Waals surface area (Å²) in [6, 6.07) is 24.8. The molecule has 0 saturated carbocycles. The van der Waals surface area contributed by atoms with E-state index in [1.165, 1.54) is 0 Å². The fourth-order valence-electron chi connectivity index (χ4n) is 2.86. The minimum atomic E-state index is -0.209. The molecule has 0 atom stereocenters. The van der Waals surface area contributed by atoms with Crippen LogP contribution in [0.5, 0.6) is 5.75 Å². The van der Waals surface area contributed by atoms with Crippen molar-refractivity contribution < 1.29 is 9.53 Å². The number of carbonyl (C=O) groups excluding carboxylic acids is 1. The quantitative estimate of drug-likeness (QED) is 0.505. The first kappa shape index (κ1) is 18.4. The van der Waals surface area contributed by atoms with E-state index in [1.807, 2.05) is 72.8 Å². The highest BCUT2D eigenvalue weighted by atomic mass is 16.5. The lowest BCUT2D eigenvalue weighted by atomic mass is 10.1. The molecule has 0 aliphatic carbocycles. The summed E-state index contributed by atoms with van der Waals surface area (Å²) in [6.07, 6.45) is 1.74. The Bertz CT molecular complexity index is 1080. The third kappa shape index (κ3) is 4.87. The predicted octanol–water partition coefficient (Wildman–Crippen LogP) is 3.98. The van der Waals surface area contributed by atoms with Crippen molar-refractivity contribution >= 4 is 5.91 Å². The van der Waals surface area contributed by atoms with Crippen LogP contribution in [0.25, 0.3) is 11.3 Å². The van der Waals surface area contributed by atoms with Crippen LogP contribution < -0.4 is 10.1 Å². The molecule has 1 amide bonds. The van der Waals surface area contributed by atoms with Gasteiger partial charge in [-0.1, -0.05) is 48.5 Å². The highest BCUT2D eigenvalue weighted by Crippen LogP contribution is 2.17. The number of H-pyrrole nitrogens is 1. The molecule has 0 aliphatic heterocycles. The highest BCUT2D eigenvalue weighted by molar-refractivity contribution is 5.93. The predicted molar refractivity (Wildman–Crippen MR) is 110 cm³/mol. The van der Waals surface area contributed by atoms with Crippen molar-refractivity contribution in [1.82, 2.24) is 20.5 Å². The molecule has 0 radical (unpaired) electrons. The van der Waals surface area contributed by atoms with E-state index >= 15 is 0 Å². The molecule has 4 rings (SSSR count). The van der Waals surface area contributed by atoms with Gasteiger partial charge in [-0.25, -0.2) is 0 Å². The van der Waals surface area contributed by atoms with Crippen LogP contribution in [0.15, 0.2) is 85.1 Å². The summed E-state index contributed by atoms with van der Waals surface area (Å²) in [6.45, 7) is 0.784. The number of nitrogens with zero attached hydrogens (tertiary/aromatic N) is 2. The second-order valence-corrected chi connectivity index (χ2v) is 6.47. The molecular weight excluding hydrogens is 364 g/mol. The Morgan fingerprint density at radius 1 is 0.966 bits per heavy atom. The number of nitrogens with one attached hydrogen (secondary N) is 2. The lowest BCUT2D eigenvalue weighted by molar-refractivity contribution is 0.0946. The fraction of sp³-hybridized carbons (Fsp3) is 0.0870. The van der Waals surface area contributed by atoms with Gasteiger partial charge < -0.3 is 10.1 Å². The third-order valence-electron chi connectivity index (χ3n) is 4.36. The molecule has 144 valence electrons. The summed E-state index contributed by atoms with van der Waals surface area (Å²) in [7, 11) is 0. The molecule has 2 aromatic carbocycles. The van der Waals surface area contributed by atoms with Crippen LogP contribution in [-0.2, 0) is 13.2 Å². The molecule has 0 spiro atoms. The molecule has 2 N–H and O–H groups in total. The molecule has 29 heavy (non-hydrogen) atoms. The minimum Gasteiger partial charge on any atom is -0.487 e. The Labute approximate surface area is 168 Å². The van der Waals surface area contributed by atoms with Crippen molar-refractivity contribution in [2.75, 3.05) is 0 Å². The van der Waals surface area contributed by atoms with E-state index in [0.29, 0.717) is 18.8 Å². The summed E-state index contributed by atoms with van der Waals surface area (Å²) in [5.74, 6) is 0.523. The van der Waals surface area contributed by atoms with Crippen LogP contribution in [0, 0.1) is 0 Å². The zero-order valence-electron chi connectivity index (χ0n) is 15.7. The fourth-order valence-corrected chi connectivity index (χ4v) is 2.86. The topological polar surface area (TPSA) is 79.9 Å². The van der Waals surface area contributed by atoms with Gasteiger partial charge in [-0.05, 0) is 35.9 Å². The van der Waals surface area contributed by atoms with E-state index in [1.54, 1.807) is 12.3 Å². The van der Waals surface area contributed by atoms with Crippen LogP contribution in [0.4, 0.5) is 0 Å². The van der Waals surface area contributed by atoms with E-state index in [-0.39, 0.29) is 5.91 Å². The lowest BCUT2D eigenvalue weighted by Crippen LogP contribution is -2.23. The number of hydrogen-bond donors (Lipinski definition) is 2. The normalized spacial score (nSPS) is 10.5. The Morgan fingerprint density at radius 2 is 1.83 bits per heavy atom. The largest absolute Gasteiger partial charge is 0.487 e. The smallest absolute Gasteiger partial charge is 0.269 e. The molecule has 0 aliphatic rings. The van der Waals surface area contributed by atoms with Gasteiger partial charge >= 0.3 is 0 Å². The van der Waals surface area contributed by atoms with Gasteiger partial charge in [-0.15, -0.1) is 0 Å². The second-order valence-electron chi connectivity index (χ2n) is 6.47. The molecule has 6 nitrogen and oxygen atoms in total. The van der Waals surface area contributed by atoms with Gasteiger partial charge in [-0.2, -0.15) is 5.10 Å². The van der Waals surface area contributed by atoms with Crippen LogP contribution >= 0.6 is 0 Å². The van der Waals surface area contributed by atoms with Gasteiger partial charge in [0.2, 0.25) is 0 Å². The molecule has 2 aromatic heterocycles. The van der Waals surface area contributed by atoms with Crippen molar-refractivity contribution in [3.8, 4) is 17.0 Å². The maximum absolute atomic E-state index is 12.4. The maximum atomic E-state index is 12.4. The first-order valence-electron chi connectivity index (χ1n) is 9.28. The zero-order chi connectivity index (χ0) is 19.9. The van der Waals surface area contributed by atoms with E-state index in [2.05, 4.69) is 20.5 Å². The average molecular weight is 384 g/mol. The summed E-state index contributed by atoms with van der Waals surface area (Å²) in [5.41, 5.74) is 3.92. The first-order chi connectivity index (χ1) is 14.3. The number of hydrogen-bond acceptors (Lipinski definition) is 4. The number of carbonyl (C=O) groups is 1. The van der Waals surface area contributed by atoms with Gasteiger partial charge in [0.25, 0.3) is 5.91 Å². The van der Waals surface area contributed by atoms with Crippen LogP contribution in [0.3, 0.4) is 0 Å². The van der Waals surface area contributed by atoms with Gasteiger partial charge in [0.15, 0.2) is 0 Å². The Morgan fingerprint density at radius 3 is 2.66 bits per heavy atom. The summed E-state index contributed by atoms with van der Waals surface area (Å²) in [4.78, 5) is 16.7. The lowest BCUT2D eigenvalue weighted by Gasteiger charge is -2.08. The second kappa shape index (κ2) is 8.84. The van der Waals surface area contributed by atoms with E-state index in [9.17, 15) is 4.79 Å². The van der Waals surface area contributed by atoms with E-state index in [4.69, 9.17) is 4.74 Å². The molecular formula is C23H20N4O2. The summed E-state index contributed by atoms with van der Waals surface area (Å²) in [5, 5.41) is 9.92.